The summed E-state index contributed by atoms with van der Waals surface area (Å²) >= 11 is 0. The minimum absolute atomic E-state index is 0.150. The van der Waals surface area contributed by atoms with Gasteiger partial charge in [0, 0.05) is 12.7 Å². The number of aromatic carboxylic acids is 1. The molecule has 0 bridgehead atoms. The molecule has 2 N–H and O–H groups in total. The zero-order chi connectivity index (χ0) is 14.9. The molecular formula is C14H15NO5. The summed E-state index contributed by atoms with van der Waals surface area (Å²) in [5, 5.41) is 18.5. The number of rotatable bonds is 4. The Hall–Kier alpha value is -2.34. The molecule has 106 valence electrons. The van der Waals surface area contributed by atoms with Crippen LogP contribution >= 0.6 is 0 Å². The van der Waals surface area contributed by atoms with Crippen LogP contribution in [0.5, 0.6) is 5.75 Å². The fourth-order valence-corrected chi connectivity index (χ4v) is 2.28. The van der Waals surface area contributed by atoms with Crippen LogP contribution in [-0.4, -0.2) is 34.5 Å². The maximum absolute atomic E-state index is 12.2. The van der Waals surface area contributed by atoms with Crippen molar-refractivity contribution in [3.63, 3.8) is 0 Å². The molecular weight excluding hydrogens is 262 g/mol. The maximum atomic E-state index is 12.2. The van der Waals surface area contributed by atoms with Crippen LogP contribution in [0.15, 0.2) is 23.1 Å². The number of methoxy groups -OCH3 is 1. The number of carboxylic acid groups (broad SMARTS) is 1. The summed E-state index contributed by atoms with van der Waals surface area (Å²) in [6.07, 6.45) is 1.27. The number of carbonyl (C=O) groups is 1. The molecule has 2 rings (SSSR count). The Labute approximate surface area is 114 Å². The Balaban J connectivity index is 2.94. The highest BCUT2D eigenvalue weighted by atomic mass is 16.5. The summed E-state index contributed by atoms with van der Waals surface area (Å²) in [4.78, 5) is 23.4. The van der Waals surface area contributed by atoms with Crippen LogP contribution in [0.2, 0.25) is 0 Å². The van der Waals surface area contributed by atoms with Crippen molar-refractivity contribution in [2.45, 2.75) is 13.5 Å². The monoisotopic (exact) mass is 277 g/mol. The molecule has 1 aromatic heterocycles. The van der Waals surface area contributed by atoms with Gasteiger partial charge in [-0.25, -0.2) is 4.79 Å². The van der Waals surface area contributed by atoms with E-state index in [2.05, 4.69) is 0 Å². The molecule has 0 saturated heterocycles. The predicted molar refractivity (Wildman–Crippen MR) is 73.5 cm³/mol. The highest BCUT2D eigenvalue weighted by Crippen LogP contribution is 2.23. The van der Waals surface area contributed by atoms with Crippen molar-refractivity contribution in [1.82, 2.24) is 4.57 Å². The third-order valence-corrected chi connectivity index (χ3v) is 3.14. The lowest BCUT2D eigenvalue weighted by Gasteiger charge is -2.14. The van der Waals surface area contributed by atoms with E-state index in [9.17, 15) is 9.59 Å². The molecule has 0 spiro atoms. The molecule has 1 heterocycles. The molecule has 6 heteroatoms. The first-order valence-corrected chi connectivity index (χ1v) is 6.05. The zero-order valence-electron chi connectivity index (χ0n) is 11.2. The molecule has 0 saturated carbocycles. The third kappa shape index (κ3) is 2.25. The third-order valence-electron chi connectivity index (χ3n) is 3.14. The number of pyridine rings is 1. The van der Waals surface area contributed by atoms with E-state index >= 15 is 0 Å². The van der Waals surface area contributed by atoms with Crippen molar-refractivity contribution in [1.29, 1.82) is 0 Å². The van der Waals surface area contributed by atoms with Crippen molar-refractivity contribution >= 4 is 16.9 Å². The van der Waals surface area contributed by atoms with Crippen molar-refractivity contribution in [2.75, 3.05) is 13.7 Å². The lowest BCUT2D eigenvalue weighted by Crippen LogP contribution is -2.20. The van der Waals surface area contributed by atoms with Gasteiger partial charge in [0.15, 0.2) is 0 Å². The minimum atomic E-state index is -1.29. The molecule has 20 heavy (non-hydrogen) atoms. The maximum Gasteiger partial charge on any atom is 0.341 e. The highest BCUT2D eigenvalue weighted by molar-refractivity contribution is 5.93. The molecule has 0 aliphatic carbocycles. The fraction of sp³-hybridized carbons (Fsp3) is 0.286. The average Bonchev–Trinajstić information content (AvgIpc) is 2.41. The van der Waals surface area contributed by atoms with E-state index in [1.807, 2.05) is 0 Å². The van der Waals surface area contributed by atoms with Crippen molar-refractivity contribution < 1.29 is 19.7 Å². The van der Waals surface area contributed by atoms with Crippen LogP contribution in [0.25, 0.3) is 10.9 Å². The molecule has 6 nitrogen and oxygen atoms in total. The van der Waals surface area contributed by atoms with E-state index in [1.54, 1.807) is 17.6 Å². The molecule has 0 radical (unpaired) electrons. The van der Waals surface area contributed by atoms with Gasteiger partial charge in [-0.05, 0) is 24.6 Å². The standard InChI is InChI=1S/C14H15NO5/c1-8-5-9(20-2)6-10-12(8)15(3-4-16)7-11(13(10)17)14(18)19/h5-7,16H,3-4H2,1-2H3,(H,18,19). The van der Waals surface area contributed by atoms with Crippen molar-refractivity contribution in [3.8, 4) is 5.75 Å². The van der Waals surface area contributed by atoms with Gasteiger partial charge in [-0.1, -0.05) is 0 Å². The normalized spacial score (nSPS) is 10.8. The predicted octanol–water partition coefficient (Wildman–Crippen LogP) is 1.01. The second kappa shape index (κ2) is 5.34. The number of aromatic nitrogens is 1. The SMILES string of the molecule is COc1cc(C)c2c(c1)c(=O)c(C(=O)O)cn2CCO. The van der Waals surface area contributed by atoms with Gasteiger partial charge in [0.1, 0.15) is 11.3 Å². The van der Waals surface area contributed by atoms with Gasteiger partial charge in [-0.3, -0.25) is 4.79 Å². The van der Waals surface area contributed by atoms with Crippen molar-refractivity contribution in [3.05, 3.63) is 39.7 Å². The molecule has 1 aromatic carbocycles. The number of hydrogen-bond donors (Lipinski definition) is 2. The molecule has 0 aliphatic rings. The van der Waals surface area contributed by atoms with Gasteiger partial charge in [0.25, 0.3) is 0 Å². The molecule has 2 aromatic rings. The lowest BCUT2D eigenvalue weighted by atomic mass is 10.1. The summed E-state index contributed by atoms with van der Waals surface area (Å²) in [6.45, 7) is 1.87. The Morgan fingerprint density at radius 2 is 2.10 bits per heavy atom. The number of aliphatic hydroxyl groups is 1. The smallest absolute Gasteiger partial charge is 0.341 e. The largest absolute Gasteiger partial charge is 0.497 e. The summed E-state index contributed by atoms with van der Waals surface area (Å²) < 4.78 is 6.69. The van der Waals surface area contributed by atoms with Crippen LogP contribution in [0, 0.1) is 6.92 Å². The van der Waals surface area contributed by atoms with E-state index in [4.69, 9.17) is 14.9 Å². The highest BCUT2D eigenvalue weighted by Gasteiger charge is 2.16. The first kappa shape index (κ1) is 14.1. The van der Waals surface area contributed by atoms with Gasteiger partial charge < -0.3 is 19.5 Å². The Morgan fingerprint density at radius 3 is 2.65 bits per heavy atom. The molecule has 0 unspecified atom stereocenters. The summed E-state index contributed by atoms with van der Waals surface area (Å²) in [5.74, 6) is -0.797. The van der Waals surface area contributed by atoms with E-state index in [0.29, 0.717) is 11.3 Å². The van der Waals surface area contributed by atoms with Crippen LogP contribution in [0.3, 0.4) is 0 Å². The van der Waals surface area contributed by atoms with Crippen LogP contribution in [0.4, 0.5) is 0 Å². The minimum Gasteiger partial charge on any atom is -0.497 e. The molecule has 0 aliphatic heterocycles. The number of ether oxygens (including phenoxy) is 1. The van der Waals surface area contributed by atoms with Crippen molar-refractivity contribution in [2.24, 2.45) is 0 Å². The Morgan fingerprint density at radius 1 is 1.40 bits per heavy atom. The first-order valence-electron chi connectivity index (χ1n) is 6.05. The topological polar surface area (TPSA) is 88.8 Å². The Kier molecular flexibility index (Phi) is 3.76. The van der Waals surface area contributed by atoms with E-state index in [-0.39, 0.29) is 24.1 Å². The van der Waals surface area contributed by atoms with Crippen LogP contribution < -0.4 is 10.2 Å². The van der Waals surface area contributed by atoms with E-state index in [0.717, 1.165) is 5.56 Å². The molecule has 0 amide bonds. The van der Waals surface area contributed by atoms with E-state index < -0.39 is 11.4 Å². The number of carboxylic acids is 1. The number of aryl methyl sites for hydroxylation is 1. The molecule has 0 fully saturated rings. The van der Waals surface area contributed by atoms with Gasteiger partial charge >= 0.3 is 5.97 Å². The van der Waals surface area contributed by atoms with Gasteiger partial charge in [-0.2, -0.15) is 0 Å². The van der Waals surface area contributed by atoms with Crippen LogP contribution in [-0.2, 0) is 6.54 Å². The van der Waals surface area contributed by atoms with Gasteiger partial charge in [-0.15, -0.1) is 0 Å². The molecule has 0 atom stereocenters. The average molecular weight is 277 g/mol. The zero-order valence-corrected chi connectivity index (χ0v) is 11.2. The fourth-order valence-electron chi connectivity index (χ4n) is 2.28. The second-order valence-corrected chi connectivity index (χ2v) is 4.43. The summed E-state index contributed by atoms with van der Waals surface area (Å²) in [5.41, 5.74) is 0.513. The number of fused-ring (bicyclic) bond motifs is 1. The first-order chi connectivity index (χ1) is 9.49. The summed E-state index contributed by atoms with van der Waals surface area (Å²) in [7, 11) is 1.48. The van der Waals surface area contributed by atoms with Gasteiger partial charge in [0.05, 0.1) is 24.6 Å². The van der Waals surface area contributed by atoms with Gasteiger partial charge in [0.2, 0.25) is 5.43 Å². The summed E-state index contributed by atoms with van der Waals surface area (Å²) in [6, 6.07) is 3.28. The number of benzene rings is 1. The number of aliphatic hydroxyl groups excluding tert-OH is 1. The van der Waals surface area contributed by atoms with E-state index in [1.165, 1.54) is 19.4 Å². The lowest BCUT2D eigenvalue weighted by molar-refractivity contribution is 0.0694. The quantitative estimate of drug-likeness (QED) is 0.870. The second-order valence-electron chi connectivity index (χ2n) is 4.43. The number of hydrogen-bond acceptors (Lipinski definition) is 4. The Bertz CT molecular complexity index is 732. The number of nitrogens with zero attached hydrogens (tertiary/aromatic N) is 1. The van der Waals surface area contributed by atoms with Crippen LogP contribution in [0.1, 0.15) is 15.9 Å².